The van der Waals surface area contributed by atoms with E-state index in [0.717, 1.165) is 31.7 Å². The summed E-state index contributed by atoms with van der Waals surface area (Å²) in [6.07, 6.45) is 5.87. The summed E-state index contributed by atoms with van der Waals surface area (Å²) in [4.78, 5) is 12.7. The molecule has 2 saturated heterocycles. The Balaban J connectivity index is 1.24. The molecule has 0 amide bonds. The van der Waals surface area contributed by atoms with Crippen molar-refractivity contribution in [2.45, 2.75) is 63.8 Å². The van der Waals surface area contributed by atoms with Crippen LogP contribution in [0, 0.1) is 23.2 Å². The van der Waals surface area contributed by atoms with Crippen molar-refractivity contribution in [1.29, 1.82) is 0 Å². The minimum Gasteiger partial charge on any atom is -0.496 e. The molecule has 5 nitrogen and oxygen atoms in total. The zero-order chi connectivity index (χ0) is 20.2. The van der Waals surface area contributed by atoms with Crippen LogP contribution in [0.15, 0.2) is 24.3 Å². The minimum absolute atomic E-state index is 0.00392. The van der Waals surface area contributed by atoms with Crippen molar-refractivity contribution >= 4 is 5.97 Å². The van der Waals surface area contributed by atoms with Crippen molar-refractivity contribution in [2.75, 3.05) is 20.2 Å². The summed E-state index contributed by atoms with van der Waals surface area (Å²) in [5.41, 5.74) is 1.38. The van der Waals surface area contributed by atoms with Gasteiger partial charge < -0.3 is 19.5 Å². The molecule has 2 aliphatic heterocycles. The highest BCUT2D eigenvalue weighted by Gasteiger charge is 2.78. The molecule has 0 bridgehead atoms. The Labute approximate surface area is 173 Å². The Bertz CT molecular complexity index is 797. The van der Waals surface area contributed by atoms with Gasteiger partial charge in [-0.25, -0.2) is 0 Å². The molecule has 0 radical (unpaired) electrons. The van der Waals surface area contributed by atoms with Crippen LogP contribution in [0.2, 0.25) is 0 Å². The zero-order valence-electron chi connectivity index (χ0n) is 17.9. The summed E-state index contributed by atoms with van der Waals surface area (Å²) in [5, 5.41) is 2.27. The third kappa shape index (κ3) is 2.84. The summed E-state index contributed by atoms with van der Waals surface area (Å²) in [5.74, 6) is 1.71. The quantitative estimate of drug-likeness (QED) is 0.452. The van der Waals surface area contributed by atoms with Crippen LogP contribution in [0.1, 0.15) is 45.1 Å². The second-order valence-electron chi connectivity index (χ2n) is 9.92. The van der Waals surface area contributed by atoms with E-state index in [2.05, 4.69) is 25.2 Å². The molecule has 4 aliphatic rings. The van der Waals surface area contributed by atoms with Gasteiger partial charge in [-0.1, -0.05) is 38.5 Å². The normalized spacial score (nSPS) is 42.4. The lowest BCUT2D eigenvalue weighted by Crippen LogP contribution is -2.86. The van der Waals surface area contributed by atoms with Crippen molar-refractivity contribution in [3.8, 4) is 5.75 Å². The Kier molecular flexibility index (Phi) is 4.67. The van der Waals surface area contributed by atoms with Crippen LogP contribution in [-0.4, -0.2) is 44.0 Å². The van der Waals surface area contributed by atoms with Crippen LogP contribution >= 0.6 is 0 Å². The zero-order valence-corrected chi connectivity index (χ0v) is 17.9. The number of nitrogens with two attached hydrogens (primary N) is 1. The predicted octanol–water partition coefficient (Wildman–Crippen LogP) is 2.33. The number of hydrogen-bond donors (Lipinski definition) is 1. The van der Waals surface area contributed by atoms with E-state index in [4.69, 9.17) is 14.2 Å². The first kappa shape index (κ1) is 19.4. The van der Waals surface area contributed by atoms with Crippen LogP contribution < -0.4 is 10.1 Å². The van der Waals surface area contributed by atoms with Gasteiger partial charge >= 0.3 is 5.97 Å². The number of benzene rings is 1. The van der Waals surface area contributed by atoms with Gasteiger partial charge in [0.2, 0.25) is 0 Å². The molecule has 1 aromatic carbocycles. The molecule has 0 unspecified atom stereocenters. The Hall–Kier alpha value is -1.59. The number of rotatable bonds is 6. The van der Waals surface area contributed by atoms with E-state index in [1.807, 2.05) is 18.2 Å². The number of epoxide rings is 1. The largest absolute Gasteiger partial charge is 0.496 e. The van der Waals surface area contributed by atoms with Gasteiger partial charge in [-0.3, -0.25) is 4.79 Å². The number of methoxy groups -OCH3 is 1. The van der Waals surface area contributed by atoms with Crippen LogP contribution in [0.5, 0.6) is 5.75 Å². The van der Waals surface area contributed by atoms with Crippen LogP contribution in [0.3, 0.4) is 0 Å². The maximum absolute atomic E-state index is 12.7. The van der Waals surface area contributed by atoms with Crippen LogP contribution in [-0.2, 0) is 20.7 Å². The molecule has 7 atom stereocenters. The fraction of sp³-hybridized carbons (Fsp3) is 0.708. The Morgan fingerprint density at radius 2 is 2.14 bits per heavy atom. The molecule has 2 N–H and O–H groups in total. The molecule has 4 fully saturated rings. The molecule has 158 valence electrons. The van der Waals surface area contributed by atoms with E-state index in [1.54, 1.807) is 7.11 Å². The topological polar surface area (TPSA) is 64.7 Å². The third-order valence-corrected chi connectivity index (χ3v) is 8.42. The van der Waals surface area contributed by atoms with Gasteiger partial charge in [0.1, 0.15) is 23.4 Å². The predicted molar refractivity (Wildman–Crippen MR) is 109 cm³/mol. The fourth-order valence-electron chi connectivity index (χ4n) is 6.96. The van der Waals surface area contributed by atoms with Gasteiger partial charge in [0.25, 0.3) is 0 Å². The van der Waals surface area contributed by atoms with Gasteiger partial charge in [0.15, 0.2) is 0 Å². The summed E-state index contributed by atoms with van der Waals surface area (Å²) in [6, 6.07) is 8.16. The number of para-hydroxylation sites is 1. The lowest BCUT2D eigenvalue weighted by molar-refractivity contribution is -0.658. The highest BCUT2D eigenvalue weighted by molar-refractivity contribution is 5.76. The molecular weight excluding hydrogens is 366 g/mol. The monoisotopic (exact) mass is 400 g/mol. The van der Waals surface area contributed by atoms with Crippen molar-refractivity contribution in [3.63, 3.8) is 0 Å². The van der Waals surface area contributed by atoms with Crippen molar-refractivity contribution in [2.24, 2.45) is 23.2 Å². The molecule has 1 spiro atoms. The van der Waals surface area contributed by atoms with Gasteiger partial charge in [0, 0.05) is 17.8 Å². The van der Waals surface area contributed by atoms with E-state index in [0.29, 0.717) is 5.92 Å². The number of ether oxygens (including phenoxy) is 3. The van der Waals surface area contributed by atoms with E-state index in [1.165, 1.54) is 24.8 Å². The maximum Gasteiger partial charge on any atom is 0.315 e. The molecule has 2 heterocycles. The minimum atomic E-state index is -0.0410. The summed E-state index contributed by atoms with van der Waals surface area (Å²) >= 11 is 0. The lowest BCUT2D eigenvalue weighted by Gasteiger charge is -2.48. The maximum atomic E-state index is 12.7. The molecule has 29 heavy (non-hydrogen) atoms. The molecular formula is C24H34NO4+. The standard InChI is InChI=1S/C24H33NO4/c1-15-7-6-11-23(2)13-19-20(21-24(15,23)29-21)17(22(26)28-19)14-25-12-10-16-8-4-5-9-18(16)27-3/h4-5,8-9,15,17,19-21,25H,6-7,10-14H2,1-3H3/p+1/t15-,17+,19+,20+,21-,23+,24-/m0/s1. The van der Waals surface area contributed by atoms with Gasteiger partial charge in [-0.2, -0.15) is 0 Å². The smallest absolute Gasteiger partial charge is 0.315 e. The average Bonchev–Trinajstić information content (AvgIpc) is 3.39. The molecule has 1 aromatic rings. The first-order chi connectivity index (χ1) is 14.0. The van der Waals surface area contributed by atoms with Crippen molar-refractivity contribution in [3.05, 3.63) is 29.8 Å². The van der Waals surface area contributed by atoms with E-state index in [9.17, 15) is 4.79 Å². The number of esters is 1. The van der Waals surface area contributed by atoms with Crippen LogP contribution in [0.4, 0.5) is 0 Å². The molecule has 5 rings (SSSR count). The van der Waals surface area contributed by atoms with E-state index >= 15 is 0 Å². The van der Waals surface area contributed by atoms with Crippen molar-refractivity contribution in [1.82, 2.24) is 0 Å². The summed E-state index contributed by atoms with van der Waals surface area (Å²) in [7, 11) is 1.71. The lowest BCUT2D eigenvalue weighted by atomic mass is 9.53. The summed E-state index contributed by atoms with van der Waals surface area (Å²) < 4.78 is 17.9. The molecule has 0 aromatic heterocycles. The molecule has 5 heteroatoms. The van der Waals surface area contributed by atoms with Crippen molar-refractivity contribution < 1.29 is 24.3 Å². The van der Waals surface area contributed by atoms with Gasteiger partial charge in [0.05, 0.1) is 26.3 Å². The highest BCUT2D eigenvalue weighted by atomic mass is 16.6. The number of quaternary nitrogens is 1. The first-order valence-corrected chi connectivity index (χ1v) is 11.3. The Morgan fingerprint density at radius 1 is 1.31 bits per heavy atom. The number of hydrogen-bond acceptors (Lipinski definition) is 4. The number of carbonyl (C=O) groups is 1. The third-order valence-electron chi connectivity index (χ3n) is 8.42. The Morgan fingerprint density at radius 3 is 2.97 bits per heavy atom. The van der Waals surface area contributed by atoms with Gasteiger partial charge in [-0.05, 0) is 36.8 Å². The second-order valence-corrected chi connectivity index (χ2v) is 9.92. The number of fused-ring (bicyclic) bond motifs is 2. The number of carbonyl (C=O) groups excluding carboxylic acids is 1. The van der Waals surface area contributed by atoms with Crippen LogP contribution in [0.25, 0.3) is 0 Å². The molecule has 2 aliphatic carbocycles. The molecule has 2 saturated carbocycles. The van der Waals surface area contributed by atoms with E-state index in [-0.39, 0.29) is 41.0 Å². The fourth-order valence-corrected chi connectivity index (χ4v) is 6.96. The average molecular weight is 401 g/mol. The van der Waals surface area contributed by atoms with Gasteiger partial charge in [-0.15, -0.1) is 0 Å². The highest BCUT2D eigenvalue weighted by Crippen LogP contribution is 2.70. The summed E-state index contributed by atoms with van der Waals surface area (Å²) in [6.45, 7) is 6.45. The first-order valence-electron chi connectivity index (χ1n) is 11.3. The second kappa shape index (κ2) is 6.98. The van der Waals surface area contributed by atoms with E-state index < -0.39 is 0 Å². The SMILES string of the molecule is COc1ccccc1CC[NH2+]C[C@H]1C(=O)O[C@@H]2C[C@@]3(C)CCC[C@H](C)[C@@]34O[C@H]4[C@@H]21.